The van der Waals surface area contributed by atoms with Gasteiger partial charge in [0.1, 0.15) is 0 Å². The van der Waals surface area contributed by atoms with Crippen LogP contribution in [0.2, 0.25) is 5.02 Å². The van der Waals surface area contributed by atoms with Gasteiger partial charge >= 0.3 is 0 Å². The topological polar surface area (TPSA) is 55.1 Å². The molecule has 88 valence electrons. The molecule has 1 rings (SSSR count). The van der Waals surface area contributed by atoms with Crippen LogP contribution in [-0.2, 0) is 0 Å². The third-order valence-corrected chi connectivity index (χ3v) is 3.14. The zero-order valence-corrected chi connectivity index (χ0v) is 10.7. The smallest absolute Gasteiger partial charge is 0.252 e. The van der Waals surface area contributed by atoms with E-state index in [0.717, 1.165) is 11.3 Å². The summed E-state index contributed by atoms with van der Waals surface area (Å²) in [5.41, 5.74) is 5.87. The third-order valence-electron chi connectivity index (χ3n) is 2.08. The lowest BCUT2D eigenvalue weighted by molar-refractivity contribution is 0.0953. The maximum absolute atomic E-state index is 11.8. The molecule has 0 aliphatic carbocycles. The van der Waals surface area contributed by atoms with E-state index in [1.165, 1.54) is 0 Å². The number of carbonyl (C=O) groups is 1. The SMILES string of the molecule is CSc1ccc(Cl)c(C(=O)NCCCN)c1. The van der Waals surface area contributed by atoms with Crippen LogP contribution < -0.4 is 11.1 Å². The largest absolute Gasteiger partial charge is 0.352 e. The van der Waals surface area contributed by atoms with E-state index in [1.807, 2.05) is 12.3 Å². The molecule has 0 radical (unpaired) electrons. The lowest BCUT2D eigenvalue weighted by Gasteiger charge is -2.07. The summed E-state index contributed by atoms with van der Waals surface area (Å²) in [6.07, 6.45) is 2.73. The van der Waals surface area contributed by atoms with Crippen LogP contribution in [0.3, 0.4) is 0 Å². The Morgan fingerprint density at radius 2 is 2.31 bits per heavy atom. The van der Waals surface area contributed by atoms with Crippen molar-refractivity contribution in [1.82, 2.24) is 5.32 Å². The minimum Gasteiger partial charge on any atom is -0.352 e. The van der Waals surface area contributed by atoms with Gasteiger partial charge in [0.05, 0.1) is 10.6 Å². The van der Waals surface area contributed by atoms with Gasteiger partial charge in [0.25, 0.3) is 5.91 Å². The highest BCUT2D eigenvalue weighted by atomic mass is 35.5. The van der Waals surface area contributed by atoms with E-state index < -0.39 is 0 Å². The van der Waals surface area contributed by atoms with E-state index in [2.05, 4.69) is 5.32 Å². The van der Waals surface area contributed by atoms with Gasteiger partial charge in [-0.2, -0.15) is 0 Å². The summed E-state index contributed by atoms with van der Waals surface area (Å²) in [7, 11) is 0. The molecule has 3 nitrogen and oxygen atoms in total. The van der Waals surface area contributed by atoms with Crippen LogP contribution >= 0.6 is 23.4 Å². The number of nitrogens with two attached hydrogens (primary N) is 1. The summed E-state index contributed by atoms with van der Waals surface area (Å²) >= 11 is 7.54. The second-order valence-corrected chi connectivity index (χ2v) is 4.53. The Bertz CT molecular complexity index is 371. The van der Waals surface area contributed by atoms with Gasteiger partial charge in [-0.15, -0.1) is 11.8 Å². The van der Waals surface area contributed by atoms with Gasteiger partial charge in [0, 0.05) is 11.4 Å². The summed E-state index contributed by atoms with van der Waals surface area (Å²) < 4.78 is 0. The summed E-state index contributed by atoms with van der Waals surface area (Å²) in [5.74, 6) is -0.144. The first kappa shape index (κ1) is 13.4. The van der Waals surface area contributed by atoms with Crippen molar-refractivity contribution in [2.75, 3.05) is 19.3 Å². The summed E-state index contributed by atoms with van der Waals surface area (Å²) in [6, 6.07) is 5.43. The normalized spacial score (nSPS) is 10.2. The molecular formula is C11H15ClN2OS. The molecule has 0 bridgehead atoms. The van der Waals surface area contributed by atoms with Crippen LogP contribution in [0.5, 0.6) is 0 Å². The highest BCUT2D eigenvalue weighted by Gasteiger charge is 2.10. The van der Waals surface area contributed by atoms with Crippen LogP contribution in [0.25, 0.3) is 0 Å². The number of halogens is 1. The quantitative estimate of drug-likeness (QED) is 0.629. The predicted octanol–water partition coefficient (Wildman–Crippen LogP) is 2.14. The number of hydrogen-bond acceptors (Lipinski definition) is 3. The van der Waals surface area contributed by atoms with E-state index in [9.17, 15) is 4.79 Å². The number of nitrogens with one attached hydrogen (secondary N) is 1. The molecule has 0 saturated carbocycles. The van der Waals surface area contributed by atoms with Crippen LogP contribution in [0.4, 0.5) is 0 Å². The second-order valence-electron chi connectivity index (χ2n) is 3.24. The van der Waals surface area contributed by atoms with Crippen molar-refractivity contribution in [1.29, 1.82) is 0 Å². The van der Waals surface area contributed by atoms with E-state index >= 15 is 0 Å². The minimum absolute atomic E-state index is 0.144. The average molecular weight is 259 g/mol. The zero-order chi connectivity index (χ0) is 12.0. The van der Waals surface area contributed by atoms with Crippen molar-refractivity contribution in [3.63, 3.8) is 0 Å². The molecule has 1 aromatic rings. The lowest BCUT2D eigenvalue weighted by Crippen LogP contribution is -2.26. The summed E-state index contributed by atoms with van der Waals surface area (Å²) in [4.78, 5) is 12.8. The van der Waals surface area contributed by atoms with Crippen LogP contribution in [0.1, 0.15) is 16.8 Å². The highest BCUT2D eigenvalue weighted by Crippen LogP contribution is 2.22. The molecule has 0 fully saturated rings. The fraction of sp³-hybridized carbons (Fsp3) is 0.364. The molecule has 0 aromatic heterocycles. The van der Waals surface area contributed by atoms with Crippen molar-refractivity contribution in [3.05, 3.63) is 28.8 Å². The molecule has 0 atom stereocenters. The van der Waals surface area contributed by atoms with Gasteiger partial charge < -0.3 is 11.1 Å². The van der Waals surface area contributed by atoms with E-state index in [0.29, 0.717) is 23.7 Å². The fourth-order valence-electron chi connectivity index (χ4n) is 1.20. The zero-order valence-electron chi connectivity index (χ0n) is 9.13. The van der Waals surface area contributed by atoms with Crippen molar-refractivity contribution in [3.8, 4) is 0 Å². The number of benzene rings is 1. The Hall–Kier alpha value is -0.710. The van der Waals surface area contributed by atoms with Crippen molar-refractivity contribution in [2.45, 2.75) is 11.3 Å². The molecule has 0 saturated heterocycles. The molecule has 3 N–H and O–H groups in total. The Morgan fingerprint density at radius 3 is 2.94 bits per heavy atom. The Labute approximate surface area is 105 Å². The Morgan fingerprint density at radius 1 is 1.56 bits per heavy atom. The van der Waals surface area contributed by atoms with Gasteiger partial charge in [-0.3, -0.25) is 4.79 Å². The highest BCUT2D eigenvalue weighted by molar-refractivity contribution is 7.98. The Kier molecular flexibility index (Phi) is 5.66. The predicted molar refractivity (Wildman–Crippen MR) is 69.2 cm³/mol. The van der Waals surface area contributed by atoms with Gasteiger partial charge in [-0.05, 0) is 37.4 Å². The van der Waals surface area contributed by atoms with Gasteiger partial charge in [0.15, 0.2) is 0 Å². The molecular weight excluding hydrogens is 244 g/mol. The molecule has 0 aliphatic rings. The average Bonchev–Trinajstić information content (AvgIpc) is 2.30. The number of rotatable bonds is 5. The first-order valence-corrected chi connectivity index (χ1v) is 6.61. The second kappa shape index (κ2) is 6.78. The molecule has 16 heavy (non-hydrogen) atoms. The lowest BCUT2D eigenvalue weighted by atomic mass is 10.2. The first-order chi connectivity index (χ1) is 7.69. The van der Waals surface area contributed by atoms with Crippen molar-refractivity contribution >= 4 is 29.3 Å². The Balaban J connectivity index is 2.73. The maximum atomic E-state index is 11.8. The molecule has 0 heterocycles. The number of thioether (sulfide) groups is 1. The van der Waals surface area contributed by atoms with Crippen LogP contribution in [0.15, 0.2) is 23.1 Å². The summed E-state index contributed by atoms with van der Waals surface area (Å²) in [5, 5.41) is 3.25. The third kappa shape index (κ3) is 3.70. The van der Waals surface area contributed by atoms with Gasteiger partial charge in [-0.25, -0.2) is 0 Å². The minimum atomic E-state index is -0.144. The van der Waals surface area contributed by atoms with Crippen molar-refractivity contribution < 1.29 is 4.79 Å². The van der Waals surface area contributed by atoms with Gasteiger partial charge in [-0.1, -0.05) is 11.6 Å². The van der Waals surface area contributed by atoms with E-state index in [1.54, 1.807) is 23.9 Å². The molecule has 0 unspecified atom stereocenters. The van der Waals surface area contributed by atoms with Crippen LogP contribution in [-0.4, -0.2) is 25.3 Å². The standard InChI is InChI=1S/C11H15ClN2OS/c1-16-8-3-4-10(12)9(7-8)11(15)14-6-2-5-13/h3-4,7H,2,5-6,13H2,1H3,(H,14,15). The number of carbonyl (C=O) groups excluding carboxylic acids is 1. The molecule has 1 aromatic carbocycles. The maximum Gasteiger partial charge on any atom is 0.252 e. The number of hydrogen-bond donors (Lipinski definition) is 2. The first-order valence-electron chi connectivity index (χ1n) is 5.01. The monoisotopic (exact) mass is 258 g/mol. The number of amides is 1. The van der Waals surface area contributed by atoms with Crippen molar-refractivity contribution in [2.24, 2.45) is 5.73 Å². The summed E-state index contributed by atoms with van der Waals surface area (Å²) in [6.45, 7) is 1.15. The molecule has 0 aliphatic heterocycles. The van der Waals surface area contributed by atoms with E-state index in [-0.39, 0.29) is 5.91 Å². The fourth-order valence-corrected chi connectivity index (χ4v) is 1.85. The molecule has 1 amide bonds. The van der Waals surface area contributed by atoms with Crippen LogP contribution in [0, 0.1) is 0 Å². The molecule has 0 spiro atoms. The van der Waals surface area contributed by atoms with Gasteiger partial charge in [0.2, 0.25) is 0 Å². The molecule has 5 heteroatoms. The van der Waals surface area contributed by atoms with E-state index in [4.69, 9.17) is 17.3 Å².